The molecule has 0 spiro atoms. The number of aromatic nitrogens is 3. The van der Waals surface area contributed by atoms with Crippen LogP contribution < -0.4 is 0 Å². The van der Waals surface area contributed by atoms with E-state index in [1.54, 1.807) is 0 Å². The molecule has 59 heavy (non-hydrogen) atoms. The van der Waals surface area contributed by atoms with Crippen molar-refractivity contribution < 1.29 is 13.3 Å². The third-order valence-electron chi connectivity index (χ3n) is 12.1. The van der Waals surface area contributed by atoms with Crippen molar-refractivity contribution >= 4 is 82.2 Å². The quantitative estimate of drug-likeness (QED) is 0.178. The van der Waals surface area contributed by atoms with E-state index in [0.29, 0.717) is 23.4 Å². The summed E-state index contributed by atoms with van der Waals surface area (Å²) in [6.07, 6.45) is 15.3. The molecule has 7 aromatic carbocycles. The largest absolute Gasteiger partial charge is 0.456 e. The van der Waals surface area contributed by atoms with Crippen molar-refractivity contribution in [3.63, 3.8) is 0 Å². The fourth-order valence-corrected chi connectivity index (χ4v) is 9.26. The SMILES string of the molecule is C1=CC2C=CC(c3nc(-c4cccc5c4oc4ccccc45)nc(-c4ccc(-c5cccc6oc7cc8ccccc8cc7c56)c5oc6ccccc6c45)n3)=CC2C=C1. The highest BCUT2D eigenvalue weighted by molar-refractivity contribution is 6.21. The van der Waals surface area contributed by atoms with Gasteiger partial charge in [-0.15, -0.1) is 0 Å². The molecule has 0 aliphatic heterocycles. The molecular weight excluding hydrogens is 727 g/mol. The van der Waals surface area contributed by atoms with Crippen LogP contribution in [0.5, 0.6) is 0 Å². The molecule has 4 aromatic heterocycles. The lowest BCUT2D eigenvalue weighted by molar-refractivity contribution is 0.662. The van der Waals surface area contributed by atoms with Gasteiger partial charge in [0.1, 0.15) is 33.5 Å². The Hall–Kier alpha value is -7.83. The Morgan fingerprint density at radius 2 is 1.03 bits per heavy atom. The topological polar surface area (TPSA) is 78.1 Å². The lowest BCUT2D eigenvalue weighted by Crippen LogP contribution is -2.12. The summed E-state index contributed by atoms with van der Waals surface area (Å²) >= 11 is 0. The summed E-state index contributed by atoms with van der Waals surface area (Å²) in [4.78, 5) is 15.8. The van der Waals surface area contributed by atoms with Crippen LogP contribution in [0.15, 0.2) is 189 Å². The molecule has 6 heteroatoms. The van der Waals surface area contributed by atoms with Gasteiger partial charge in [-0.05, 0) is 64.9 Å². The van der Waals surface area contributed by atoms with E-state index in [4.69, 9.17) is 28.2 Å². The van der Waals surface area contributed by atoms with Crippen LogP contribution in [0.3, 0.4) is 0 Å². The summed E-state index contributed by atoms with van der Waals surface area (Å²) in [5.74, 6) is 2.20. The number of nitrogens with zero attached hydrogens (tertiary/aromatic N) is 3. The van der Waals surface area contributed by atoms with E-state index < -0.39 is 0 Å². The number of fused-ring (bicyclic) bond motifs is 11. The average molecular weight is 758 g/mol. The predicted octanol–water partition coefficient (Wildman–Crippen LogP) is 14.0. The number of para-hydroxylation sites is 3. The van der Waals surface area contributed by atoms with Crippen LogP contribution in [0.2, 0.25) is 0 Å². The maximum absolute atomic E-state index is 6.87. The lowest BCUT2D eigenvalue weighted by atomic mass is 9.83. The van der Waals surface area contributed by atoms with Gasteiger partial charge < -0.3 is 13.3 Å². The molecule has 276 valence electrons. The summed E-state index contributed by atoms with van der Waals surface area (Å²) in [5, 5.41) is 8.40. The molecule has 0 bridgehead atoms. The van der Waals surface area contributed by atoms with E-state index in [2.05, 4.69) is 127 Å². The number of allylic oxidation sites excluding steroid dienone is 8. The Bertz CT molecular complexity index is 3710. The Labute approximate surface area is 336 Å². The standard InChI is InChI=1S/C53H31N3O3/c1-2-12-31-27-34(24-23-30(31)11-1)51-54-52(56-53(55-51)41-19-9-18-37-35-15-5-7-20-43(35)58-49(37)41)40-26-25-38(50-48(40)39-16-6-8-21-44(39)59-50)36-17-10-22-45-47(36)42-28-32-13-3-4-14-33(32)29-46(42)57-45/h1-31H. The van der Waals surface area contributed by atoms with Gasteiger partial charge in [0, 0.05) is 60.9 Å². The molecule has 0 saturated heterocycles. The molecule has 4 heterocycles. The average Bonchev–Trinajstić information content (AvgIpc) is 3.99. The zero-order valence-electron chi connectivity index (χ0n) is 31.5. The third-order valence-corrected chi connectivity index (χ3v) is 12.1. The Balaban J connectivity index is 1.07. The first-order valence-corrected chi connectivity index (χ1v) is 19.9. The monoisotopic (exact) mass is 757 g/mol. The van der Waals surface area contributed by atoms with E-state index in [9.17, 15) is 0 Å². The van der Waals surface area contributed by atoms with Gasteiger partial charge in [-0.25, -0.2) is 15.0 Å². The van der Waals surface area contributed by atoms with Gasteiger partial charge in [-0.1, -0.05) is 127 Å². The highest BCUT2D eigenvalue weighted by Gasteiger charge is 2.25. The Morgan fingerprint density at radius 1 is 0.390 bits per heavy atom. The first-order valence-electron chi connectivity index (χ1n) is 19.9. The summed E-state index contributed by atoms with van der Waals surface area (Å²) in [7, 11) is 0. The Kier molecular flexibility index (Phi) is 6.75. The number of benzene rings is 7. The van der Waals surface area contributed by atoms with E-state index in [0.717, 1.165) is 104 Å². The third kappa shape index (κ3) is 4.90. The van der Waals surface area contributed by atoms with Crippen LogP contribution in [0.1, 0.15) is 5.82 Å². The second kappa shape index (κ2) is 12.3. The minimum atomic E-state index is 0.214. The van der Waals surface area contributed by atoms with E-state index >= 15 is 0 Å². The molecule has 0 saturated carbocycles. The smallest absolute Gasteiger partial charge is 0.167 e. The van der Waals surface area contributed by atoms with Crippen LogP contribution in [0, 0.1) is 11.8 Å². The molecule has 0 radical (unpaired) electrons. The van der Waals surface area contributed by atoms with Crippen molar-refractivity contribution in [3.05, 3.63) is 182 Å². The minimum Gasteiger partial charge on any atom is -0.456 e. The molecule has 6 nitrogen and oxygen atoms in total. The van der Waals surface area contributed by atoms with Gasteiger partial charge >= 0.3 is 0 Å². The van der Waals surface area contributed by atoms with Crippen LogP contribution in [0.4, 0.5) is 0 Å². The van der Waals surface area contributed by atoms with Gasteiger partial charge in [0.05, 0.1) is 5.56 Å². The summed E-state index contributed by atoms with van der Waals surface area (Å²) in [6, 6.07) is 45.8. The zero-order valence-corrected chi connectivity index (χ0v) is 31.5. The van der Waals surface area contributed by atoms with Crippen LogP contribution in [-0.2, 0) is 0 Å². The molecule has 0 N–H and O–H groups in total. The number of hydrogen-bond donors (Lipinski definition) is 0. The first kappa shape index (κ1) is 32.3. The normalized spacial score (nSPS) is 16.4. The summed E-state index contributed by atoms with van der Waals surface area (Å²) < 4.78 is 19.9. The molecule has 2 aliphatic carbocycles. The number of furan rings is 3. The second-order valence-electron chi connectivity index (χ2n) is 15.4. The van der Waals surface area contributed by atoms with E-state index in [1.165, 1.54) is 0 Å². The zero-order chi connectivity index (χ0) is 38.6. The number of hydrogen-bond acceptors (Lipinski definition) is 6. The van der Waals surface area contributed by atoms with Gasteiger partial charge in [-0.2, -0.15) is 0 Å². The fourth-order valence-electron chi connectivity index (χ4n) is 9.26. The second-order valence-corrected chi connectivity index (χ2v) is 15.4. The molecule has 0 fully saturated rings. The van der Waals surface area contributed by atoms with Gasteiger partial charge in [-0.3, -0.25) is 0 Å². The minimum absolute atomic E-state index is 0.214. The van der Waals surface area contributed by atoms with E-state index in [-0.39, 0.29) is 5.92 Å². The highest BCUT2D eigenvalue weighted by Crippen LogP contribution is 2.46. The molecule has 0 amide bonds. The van der Waals surface area contributed by atoms with Crippen LogP contribution in [-0.4, -0.2) is 15.0 Å². The maximum Gasteiger partial charge on any atom is 0.167 e. The molecule has 2 aliphatic rings. The summed E-state index contributed by atoms with van der Waals surface area (Å²) in [5.41, 5.74) is 9.38. The molecular formula is C53H31N3O3. The van der Waals surface area contributed by atoms with Crippen molar-refractivity contribution in [1.82, 2.24) is 15.0 Å². The summed E-state index contributed by atoms with van der Waals surface area (Å²) in [6.45, 7) is 0. The van der Waals surface area contributed by atoms with E-state index in [1.807, 2.05) is 48.5 Å². The number of rotatable bonds is 4. The molecule has 2 unspecified atom stereocenters. The van der Waals surface area contributed by atoms with Crippen molar-refractivity contribution in [3.8, 4) is 33.9 Å². The lowest BCUT2D eigenvalue weighted by Gasteiger charge is -2.22. The van der Waals surface area contributed by atoms with Crippen molar-refractivity contribution in [1.29, 1.82) is 0 Å². The fraction of sp³-hybridized carbons (Fsp3) is 0.0377. The first-order chi connectivity index (χ1) is 29.2. The van der Waals surface area contributed by atoms with Gasteiger partial charge in [0.15, 0.2) is 17.5 Å². The van der Waals surface area contributed by atoms with Crippen LogP contribution >= 0.6 is 0 Å². The predicted molar refractivity (Wildman–Crippen MR) is 238 cm³/mol. The molecule has 11 aromatic rings. The molecule has 13 rings (SSSR count). The van der Waals surface area contributed by atoms with Crippen molar-refractivity contribution in [2.24, 2.45) is 11.8 Å². The van der Waals surface area contributed by atoms with Crippen LogP contribution in [0.25, 0.3) is 116 Å². The maximum atomic E-state index is 6.87. The Morgan fingerprint density at radius 3 is 1.92 bits per heavy atom. The van der Waals surface area contributed by atoms with Gasteiger partial charge in [0.2, 0.25) is 0 Å². The van der Waals surface area contributed by atoms with Gasteiger partial charge in [0.25, 0.3) is 0 Å². The van der Waals surface area contributed by atoms with Crippen molar-refractivity contribution in [2.75, 3.05) is 0 Å². The molecule has 2 atom stereocenters. The highest BCUT2D eigenvalue weighted by atomic mass is 16.3. The van der Waals surface area contributed by atoms with Crippen molar-refractivity contribution in [2.45, 2.75) is 0 Å².